The van der Waals surface area contributed by atoms with Crippen LogP contribution >= 0.6 is 0 Å². The van der Waals surface area contributed by atoms with Gasteiger partial charge in [0.2, 0.25) is 0 Å². The molecule has 1 N–H and O–H groups in total. The number of ether oxygens (including phenoxy) is 1. The van der Waals surface area contributed by atoms with E-state index in [4.69, 9.17) is 0 Å². The minimum Gasteiger partial charge on any atom is -0.468 e. The van der Waals surface area contributed by atoms with Gasteiger partial charge < -0.3 is 14.6 Å². The number of imide groups is 1. The Morgan fingerprint density at radius 2 is 2.00 bits per heavy atom. The van der Waals surface area contributed by atoms with Crippen LogP contribution in [0.4, 0.5) is 4.79 Å². The number of aryl methyl sites for hydroxylation is 1. The lowest BCUT2D eigenvalue weighted by molar-refractivity contribution is -0.143. The Labute approximate surface area is 134 Å². The first-order chi connectivity index (χ1) is 10.8. The average Bonchev–Trinajstić information content (AvgIpc) is 2.90. The van der Waals surface area contributed by atoms with Crippen molar-refractivity contribution in [2.24, 2.45) is 0 Å². The third kappa shape index (κ3) is 3.13. The molecule has 0 bridgehead atoms. The first kappa shape index (κ1) is 16.8. The molecular formula is C16H21N3O4. The van der Waals surface area contributed by atoms with Gasteiger partial charge >= 0.3 is 12.0 Å². The van der Waals surface area contributed by atoms with Crippen LogP contribution in [0, 0.1) is 13.8 Å². The van der Waals surface area contributed by atoms with Crippen LogP contribution in [0.5, 0.6) is 0 Å². The van der Waals surface area contributed by atoms with Crippen molar-refractivity contribution in [2.45, 2.75) is 33.7 Å². The molecule has 1 aromatic heterocycles. The second-order valence-corrected chi connectivity index (χ2v) is 5.75. The van der Waals surface area contributed by atoms with E-state index >= 15 is 0 Å². The van der Waals surface area contributed by atoms with Crippen molar-refractivity contribution in [3.63, 3.8) is 0 Å². The molecule has 7 heteroatoms. The maximum atomic E-state index is 12.3. The molecule has 1 aliphatic rings. The van der Waals surface area contributed by atoms with Gasteiger partial charge in [0, 0.05) is 17.4 Å². The van der Waals surface area contributed by atoms with Gasteiger partial charge in [0.05, 0.1) is 7.11 Å². The second-order valence-electron chi connectivity index (χ2n) is 5.75. The topological polar surface area (TPSA) is 80.6 Å². The SMILES string of the molecule is COC(=O)CN1C(=O)N/C(=C/c2cc(C)n(C(C)C)c2C)C1=O. The first-order valence-corrected chi connectivity index (χ1v) is 7.36. The molecule has 7 nitrogen and oxygen atoms in total. The molecule has 0 aliphatic carbocycles. The van der Waals surface area contributed by atoms with Gasteiger partial charge in [0.25, 0.3) is 5.91 Å². The van der Waals surface area contributed by atoms with Crippen LogP contribution < -0.4 is 5.32 Å². The Morgan fingerprint density at radius 3 is 2.52 bits per heavy atom. The van der Waals surface area contributed by atoms with Crippen molar-refractivity contribution in [2.75, 3.05) is 13.7 Å². The van der Waals surface area contributed by atoms with Crippen LogP contribution in [0.2, 0.25) is 0 Å². The second kappa shape index (κ2) is 6.28. The molecule has 0 aromatic carbocycles. The smallest absolute Gasteiger partial charge is 0.329 e. The molecule has 1 fully saturated rings. The fourth-order valence-electron chi connectivity index (χ4n) is 2.81. The Bertz CT molecular complexity index is 700. The van der Waals surface area contributed by atoms with Gasteiger partial charge in [-0.15, -0.1) is 0 Å². The van der Waals surface area contributed by atoms with Gasteiger partial charge in [0.1, 0.15) is 12.2 Å². The van der Waals surface area contributed by atoms with Crippen molar-refractivity contribution in [3.05, 3.63) is 28.7 Å². The lowest BCUT2D eigenvalue weighted by atomic mass is 10.2. The molecular weight excluding hydrogens is 298 g/mol. The molecule has 0 saturated carbocycles. The van der Waals surface area contributed by atoms with Crippen molar-refractivity contribution in [1.29, 1.82) is 0 Å². The normalized spacial score (nSPS) is 16.4. The number of hydrogen-bond acceptors (Lipinski definition) is 4. The fraction of sp³-hybridized carbons (Fsp3) is 0.438. The monoisotopic (exact) mass is 319 g/mol. The van der Waals surface area contributed by atoms with Crippen LogP contribution in [0.15, 0.2) is 11.8 Å². The highest BCUT2D eigenvalue weighted by atomic mass is 16.5. The summed E-state index contributed by atoms with van der Waals surface area (Å²) in [5.41, 5.74) is 3.11. The lowest BCUT2D eigenvalue weighted by Crippen LogP contribution is -2.36. The molecule has 23 heavy (non-hydrogen) atoms. The highest BCUT2D eigenvalue weighted by molar-refractivity contribution is 6.15. The fourth-order valence-corrected chi connectivity index (χ4v) is 2.81. The van der Waals surface area contributed by atoms with E-state index in [-0.39, 0.29) is 5.70 Å². The molecule has 3 amide bonds. The van der Waals surface area contributed by atoms with E-state index in [1.165, 1.54) is 7.11 Å². The highest BCUT2D eigenvalue weighted by Gasteiger charge is 2.35. The number of aromatic nitrogens is 1. The Kier molecular flexibility index (Phi) is 4.58. The standard InChI is InChI=1S/C16H21N3O4/c1-9(2)19-10(3)6-12(11(19)4)7-13-15(21)18(16(22)17-13)8-14(20)23-5/h6-7,9H,8H2,1-5H3,(H,17,22)/b13-7+. The van der Waals surface area contributed by atoms with E-state index in [1.807, 2.05) is 19.9 Å². The molecule has 2 rings (SSSR count). The lowest BCUT2D eigenvalue weighted by Gasteiger charge is -2.13. The summed E-state index contributed by atoms with van der Waals surface area (Å²) in [5.74, 6) is -1.18. The van der Waals surface area contributed by atoms with E-state index in [1.54, 1.807) is 6.08 Å². The summed E-state index contributed by atoms with van der Waals surface area (Å²) in [6.45, 7) is 7.72. The van der Waals surface area contributed by atoms with Crippen LogP contribution in [-0.4, -0.2) is 41.0 Å². The Balaban J connectivity index is 2.31. The number of esters is 1. The van der Waals surface area contributed by atoms with Crippen molar-refractivity contribution in [1.82, 2.24) is 14.8 Å². The van der Waals surface area contributed by atoms with Crippen LogP contribution in [0.3, 0.4) is 0 Å². The number of nitrogens with zero attached hydrogens (tertiary/aromatic N) is 2. The molecule has 0 radical (unpaired) electrons. The van der Waals surface area contributed by atoms with E-state index in [0.29, 0.717) is 6.04 Å². The Hall–Kier alpha value is -2.57. The zero-order valence-corrected chi connectivity index (χ0v) is 14.0. The molecule has 1 saturated heterocycles. The molecule has 2 heterocycles. The number of amides is 3. The van der Waals surface area contributed by atoms with E-state index in [2.05, 4.69) is 28.5 Å². The minimum absolute atomic E-state index is 0.155. The summed E-state index contributed by atoms with van der Waals surface area (Å²) in [7, 11) is 1.21. The van der Waals surface area contributed by atoms with E-state index in [0.717, 1.165) is 21.9 Å². The van der Waals surface area contributed by atoms with Crippen molar-refractivity contribution in [3.8, 4) is 0 Å². The molecule has 124 valence electrons. The molecule has 0 unspecified atom stereocenters. The largest absolute Gasteiger partial charge is 0.468 e. The van der Waals surface area contributed by atoms with Gasteiger partial charge in [0.15, 0.2) is 0 Å². The number of methoxy groups -OCH3 is 1. The zero-order chi connectivity index (χ0) is 17.3. The van der Waals surface area contributed by atoms with Gasteiger partial charge in [-0.3, -0.25) is 9.59 Å². The van der Waals surface area contributed by atoms with Crippen molar-refractivity contribution >= 4 is 24.0 Å². The summed E-state index contributed by atoms with van der Waals surface area (Å²) in [4.78, 5) is 36.2. The number of carbonyl (C=O) groups is 3. The summed E-state index contributed by atoms with van der Waals surface area (Å²) < 4.78 is 6.64. The predicted octanol–water partition coefficient (Wildman–Crippen LogP) is 1.75. The van der Waals surface area contributed by atoms with Gasteiger partial charge in [-0.25, -0.2) is 9.69 Å². The summed E-state index contributed by atoms with van der Waals surface area (Å²) in [6, 6.07) is 1.64. The van der Waals surface area contributed by atoms with E-state index in [9.17, 15) is 14.4 Å². The molecule has 0 spiro atoms. The van der Waals surface area contributed by atoms with Crippen LogP contribution in [-0.2, 0) is 14.3 Å². The number of rotatable bonds is 4. The Morgan fingerprint density at radius 1 is 1.35 bits per heavy atom. The zero-order valence-electron chi connectivity index (χ0n) is 14.0. The molecule has 0 atom stereocenters. The number of urea groups is 1. The summed E-state index contributed by atoms with van der Waals surface area (Å²) in [6.07, 6.45) is 1.64. The molecule has 1 aromatic rings. The van der Waals surface area contributed by atoms with Crippen LogP contribution in [0.1, 0.15) is 36.8 Å². The number of carbonyl (C=O) groups excluding carboxylic acids is 3. The predicted molar refractivity (Wildman–Crippen MR) is 84.5 cm³/mol. The van der Waals surface area contributed by atoms with E-state index < -0.39 is 24.5 Å². The third-order valence-electron chi connectivity index (χ3n) is 3.82. The highest BCUT2D eigenvalue weighted by Crippen LogP contribution is 2.23. The van der Waals surface area contributed by atoms with Gasteiger partial charge in [-0.05, 0) is 45.4 Å². The van der Waals surface area contributed by atoms with Crippen LogP contribution in [0.25, 0.3) is 6.08 Å². The first-order valence-electron chi connectivity index (χ1n) is 7.36. The number of hydrogen-bond donors (Lipinski definition) is 1. The quantitative estimate of drug-likeness (QED) is 0.521. The number of nitrogens with one attached hydrogen (secondary N) is 1. The molecule has 1 aliphatic heterocycles. The average molecular weight is 319 g/mol. The maximum Gasteiger partial charge on any atom is 0.329 e. The van der Waals surface area contributed by atoms with Gasteiger partial charge in [-0.1, -0.05) is 0 Å². The minimum atomic E-state index is -0.646. The third-order valence-corrected chi connectivity index (χ3v) is 3.82. The van der Waals surface area contributed by atoms with Gasteiger partial charge in [-0.2, -0.15) is 0 Å². The van der Waals surface area contributed by atoms with Crippen molar-refractivity contribution < 1.29 is 19.1 Å². The maximum absolute atomic E-state index is 12.3. The summed E-state index contributed by atoms with van der Waals surface area (Å²) >= 11 is 0. The summed E-state index contributed by atoms with van der Waals surface area (Å²) in [5, 5.41) is 2.50.